The Kier molecular flexibility index (Phi) is 3.99. The van der Waals surface area contributed by atoms with Gasteiger partial charge in [0, 0.05) is 18.0 Å². The molecule has 2 heterocycles. The number of hydrogen-bond donors (Lipinski definition) is 2. The first-order chi connectivity index (χ1) is 9.73. The van der Waals surface area contributed by atoms with Crippen LogP contribution in [0.2, 0.25) is 0 Å². The fraction of sp³-hybridized carbons (Fsp3) is 0.538. The molecule has 1 atom stereocenters. The van der Waals surface area contributed by atoms with Gasteiger partial charge in [0.2, 0.25) is 0 Å². The van der Waals surface area contributed by atoms with E-state index in [1.807, 2.05) is 0 Å². The van der Waals surface area contributed by atoms with E-state index in [4.69, 9.17) is 4.74 Å². The third-order valence-electron chi connectivity index (χ3n) is 2.86. The summed E-state index contributed by atoms with van der Waals surface area (Å²) in [5.41, 5.74) is -1.88. The molecule has 3 amide bonds. The second kappa shape index (κ2) is 5.44. The predicted octanol–water partition coefficient (Wildman–Crippen LogP) is 1.30. The lowest BCUT2D eigenvalue weighted by atomic mass is 9.94. The zero-order valence-corrected chi connectivity index (χ0v) is 12.9. The van der Waals surface area contributed by atoms with Crippen LogP contribution in [0, 0.1) is 0 Å². The molecule has 1 aliphatic rings. The summed E-state index contributed by atoms with van der Waals surface area (Å²) in [4.78, 5) is 39.5. The first-order valence-electron chi connectivity index (χ1n) is 6.48. The van der Waals surface area contributed by atoms with Gasteiger partial charge in [0.1, 0.15) is 10.6 Å². The van der Waals surface area contributed by atoms with Crippen LogP contribution in [0.4, 0.5) is 4.79 Å². The van der Waals surface area contributed by atoms with Crippen LogP contribution in [-0.2, 0) is 19.9 Å². The summed E-state index contributed by atoms with van der Waals surface area (Å²) in [6.07, 6.45) is 1.66. The Morgan fingerprint density at radius 1 is 1.43 bits per heavy atom. The van der Waals surface area contributed by atoms with E-state index in [2.05, 4.69) is 15.6 Å². The van der Waals surface area contributed by atoms with Crippen molar-refractivity contribution in [2.45, 2.75) is 44.8 Å². The van der Waals surface area contributed by atoms with Crippen molar-refractivity contribution in [1.82, 2.24) is 15.6 Å². The van der Waals surface area contributed by atoms with Crippen LogP contribution in [0.1, 0.15) is 38.6 Å². The van der Waals surface area contributed by atoms with E-state index >= 15 is 0 Å². The van der Waals surface area contributed by atoms with E-state index in [1.165, 1.54) is 11.3 Å². The van der Waals surface area contributed by atoms with E-state index in [-0.39, 0.29) is 12.8 Å². The van der Waals surface area contributed by atoms with E-state index in [0.717, 1.165) is 0 Å². The third kappa shape index (κ3) is 3.38. The normalized spacial score (nSPS) is 21.9. The number of carbonyl (C=O) groups is 3. The van der Waals surface area contributed by atoms with Crippen LogP contribution < -0.4 is 10.6 Å². The number of carbonyl (C=O) groups excluding carboxylic acids is 3. The number of ether oxygens (including phenoxy) is 1. The number of imide groups is 1. The van der Waals surface area contributed by atoms with Gasteiger partial charge in [0.25, 0.3) is 5.91 Å². The molecule has 7 nitrogen and oxygen atoms in total. The van der Waals surface area contributed by atoms with Crippen molar-refractivity contribution in [1.29, 1.82) is 0 Å². The van der Waals surface area contributed by atoms with Crippen molar-refractivity contribution < 1.29 is 19.1 Å². The molecule has 1 aliphatic heterocycles. The maximum Gasteiger partial charge on any atom is 0.322 e. The lowest BCUT2D eigenvalue weighted by molar-refractivity contribution is -0.155. The van der Waals surface area contributed by atoms with Gasteiger partial charge < -0.3 is 10.1 Å². The smallest absolute Gasteiger partial charge is 0.322 e. The fourth-order valence-electron chi connectivity index (χ4n) is 2.04. The Hall–Kier alpha value is -1.96. The number of esters is 1. The molecule has 0 radical (unpaired) electrons. The predicted molar refractivity (Wildman–Crippen MR) is 75.5 cm³/mol. The lowest BCUT2D eigenvalue weighted by Crippen LogP contribution is -2.44. The number of hydrogen-bond acceptors (Lipinski definition) is 6. The van der Waals surface area contributed by atoms with Crippen LogP contribution in [0.5, 0.6) is 0 Å². The molecule has 8 heteroatoms. The summed E-state index contributed by atoms with van der Waals surface area (Å²) in [5, 5.41) is 6.94. The molecular formula is C13H17N3O4S. The molecule has 0 aromatic carbocycles. The van der Waals surface area contributed by atoms with Gasteiger partial charge >= 0.3 is 12.0 Å². The monoisotopic (exact) mass is 311 g/mol. The minimum Gasteiger partial charge on any atom is -0.460 e. The summed E-state index contributed by atoms with van der Waals surface area (Å²) in [6, 6.07) is -0.584. The van der Waals surface area contributed by atoms with E-state index in [9.17, 15) is 14.4 Å². The zero-order chi connectivity index (χ0) is 15.7. The lowest BCUT2D eigenvalue weighted by Gasteiger charge is -2.24. The Balaban J connectivity index is 2.14. The fourth-order valence-corrected chi connectivity index (χ4v) is 2.86. The third-order valence-corrected chi connectivity index (χ3v) is 3.80. The number of nitrogens with zero attached hydrogens (tertiary/aromatic N) is 1. The number of rotatable bonds is 4. The summed E-state index contributed by atoms with van der Waals surface area (Å²) in [6.45, 7) is 5.31. The molecule has 1 unspecified atom stereocenters. The number of amides is 3. The zero-order valence-electron chi connectivity index (χ0n) is 12.1. The summed E-state index contributed by atoms with van der Waals surface area (Å²) in [7, 11) is 0. The molecule has 1 aromatic heterocycles. The van der Waals surface area contributed by atoms with Gasteiger partial charge in [0.05, 0.1) is 0 Å². The average molecular weight is 311 g/mol. The van der Waals surface area contributed by atoms with Gasteiger partial charge in [-0.25, -0.2) is 9.78 Å². The molecule has 1 saturated heterocycles. The van der Waals surface area contributed by atoms with Crippen molar-refractivity contribution in [3.05, 3.63) is 16.6 Å². The van der Waals surface area contributed by atoms with Crippen molar-refractivity contribution >= 4 is 29.2 Å². The second-order valence-corrected chi connectivity index (χ2v) is 6.63. The molecule has 1 aromatic rings. The summed E-state index contributed by atoms with van der Waals surface area (Å²) < 4.78 is 5.22. The largest absolute Gasteiger partial charge is 0.460 e. The molecule has 0 aliphatic carbocycles. The Labute approximate surface area is 126 Å². The molecule has 114 valence electrons. The average Bonchev–Trinajstić information content (AvgIpc) is 2.93. The topological polar surface area (TPSA) is 97.4 Å². The quantitative estimate of drug-likeness (QED) is 0.645. The van der Waals surface area contributed by atoms with E-state index < -0.39 is 29.0 Å². The number of nitrogens with one attached hydrogen (secondary N) is 2. The van der Waals surface area contributed by atoms with Crippen LogP contribution in [0.3, 0.4) is 0 Å². The first-order valence-corrected chi connectivity index (χ1v) is 7.36. The minimum absolute atomic E-state index is 0.00451. The summed E-state index contributed by atoms with van der Waals surface area (Å²) in [5.74, 6) is -0.918. The molecule has 0 bridgehead atoms. The van der Waals surface area contributed by atoms with Crippen molar-refractivity contribution in [3.8, 4) is 0 Å². The molecular weight excluding hydrogens is 294 g/mol. The van der Waals surface area contributed by atoms with Crippen molar-refractivity contribution in [2.75, 3.05) is 0 Å². The highest BCUT2D eigenvalue weighted by Crippen LogP contribution is 2.31. The van der Waals surface area contributed by atoms with Crippen LogP contribution >= 0.6 is 11.3 Å². The number of thiazole rings is 1. The Morgan fingerprint density at radius 3 is 2.62 bits per heavy atom. The maximum absolute atomic E-state index is 12.1. The maximum atomic E-state index is 12.1. The van der Waals surface area contributed by atoms with Gasteiger partial charge in [-0.15, -0.1) is 11.3 Å². The van der Waals surface area contributed by atoms with Gasteiger partial charge in [0.15, 0.2) is 5.54 Å². The number of urea groups is 1. The van der Waals surface area contributed by atoms with Crippen molar-refractivity contribution in [3.63, 3.8) is 0 Å². The van der Waals surface area contributed by atoms with Crippen LogP contribution in [0.15, 0.2) is 11.6 Å². The molecule has 21 heavy (non-hydrogen) atoms. The molecule has 0 saturated carbocycles. The van der Waals surface area contributed by atoms with Gasteiger partial charge in [-0.2, -0.15) is 0 Å². The molecule has 0 spiro atoms. The molecule has 1 fully saturated rings. The minimum atomic E-state index is -1.29. The van der Waals surface area contributed by atoms with E-state index in [1.54, 1.807) is 32.3 Å². The first kappa shape index (κ1) is 15.4. The van der Waals surface area contributed by atoms with Gasteiger partial charge in [-0.3, -0.25) is 14.9 Å². The molecule has 2 N–H and O–H groups in total. The Morgan fingerprint density at radius 2 is 2.14 bits per heavy atom. The summed E-state index contributed by atoms with van der Waals surface area (Å²) >= 11 is 1.25. The molecule has 2 rings (SSSR count). The standard InChI is InChI=1S/C13H17N3O4S/c1-12(2,3)20-8(17)4-5-13(10-14-6-7-21-10)9(18)15-11(19)16-13/h6-7H,4-5H2,1-3H3,(H2,15,16,18,19). The SMILES string of the molecule is CC(C)(C)OC(=O)CCC1(c2nccs2)NC(=O)NC1=O. The second-order valence-electron chi connectivity index (χ2n) is 5.74. The van der Waals surface area contributed by atoms with Crippen LogP contribution in [-0.4, -0.2) is 28.5 Å². The highest BCUT2D eigenvalue weighted by molar-refractivity contribution is 7.09. The van der Waals surface area contributed by atoms with Crippen LogP contribution in [0.25, 0.3) is 0 Å². The highest BCUT2D eigenvalue weighted by Gasteiger charge is 2.49. The van der Waals surface area contributed by atoms with Crippen molar-refractivity contribution in [2.24, 2.45) is 0 Å². The highest BCUT2D eigenvalue weighted by atomic mass is 32.1. The Bertz CT molecular complexity index is 564. The van der Waals surface area contributed by atoms with Gasteiger partial charge in [-0.1, -0.05) is 0 Å². The van der Waals surface area contributed by atoms with Gasteiger partial charge in [-0.05, 0) is 27.2 Å². The van der Waals surface area contributed by atoms with E-state index in [0.29, 0.717) is 5.01 Å². The number of aromatic nitrogens is 1.